The van der Waals surface area contributed by atoms with Crippen LogP contribution in [-0.4, -0.2) is 44.7 Å². The second-order valence-electron chi connectivity index (χ2n) is 7.91. The molecule has 0 aliphatic heterocycles. The lowest BCUT2D eigenvalue weighted by molar-refractivity contribution is -0.285. The summed E-state index contributed by atoms with van der Waals surface area (Å²) in [5, 5.41) is 29.9. The predicted octanol–water partition coefficient (Wildman–Crippen LogP) is 4.90. The van der Waals surface area contributed by atoms with Crippen molar-refractivity contribution in [1.29, 1.82) is 0 Å². The number of hydrogen-bond donors (Lipinski definition) is 3. The van der Waals surface area contributed by atoms with E-state index in [1.54, 1.807) is 6.92 Å². The van der Waals surface area contributed by atoms with Crippen LogP contribution in [0, 0.1) is 0 Å². The lowest BCUT2D eigenvalue weighted by Crippen LogP contribution is -2.61. The van der Waals surface area contributed by atoms with Crippen LogP contribution in [-0.2, 0) is 4.79 Å². The van der Waals surface area contributed by atoms with Crippen LogP contribution >= 0.6 is 0 Å². The zero-order valence-electron chi connectivity index (χ0n) is 17.6. The van der Waals surface area contributed by atoms with Crippen LogP contribution in [0.25, 0.3) is 0 Å². The molecule has 0 aromatic rings. The summed E-state index contributed by atoms with van der Waals surface area (Å²) >= 11 is 0. The first kappa shape index (κ1) is 25.4. The van der Waals surface area contributed by atoms with Gasteiger partial charge in [0.15, 0.2) is 0 Å². The maximum absolute atomic E-state index is 11.5. The van der Waals surface area contributed by atoms with Gasteiger partial charge >= 0.3 is 5.97 Å². The molecule has 0 saturated heterocycles. The highest BCUT2D eigenvalue weighted by atomic mass is 16.5. The second kappa shape index (κ2) is 13.5. The first-order valence-corrected chi connectivity index (χ1v) is 10.6. The Morgan fingerprint density at radius 1 is 0.808 bits per heavy atom. The molecule has 1 atom stereocenters. The summed E-state index contributed by atoms with van der Waals surface area (Å²) in [6.45, 7) is 5.51. The van der Waals surface area contributed by atoms with E-state index < -0.39 is 17.4 Å². The van der Waals surface area contributed by atoms with E-state index in [-0.39, 0.29) is 6.42 Å². The van der Waals surface area contributed by atoms with Gasteiger partial charge in [-0.3, -0.25) is 4.79 Å². The number of aliphatic hydroxyl groups is 2. The van der Waals surface area contributed by atoms with Crippen molar-refractivity contribution in [2.24, 2.45) is 0 Å². The maximum atomic E-state index is 11.5. The van der Waals surface area contributed by atoms with Crippen molar-refractivity contribution in [1.82, 2.24) is 4.90 Å². The Morgan fingerprint density at radius 3 is 1.54 bits per heavy atom. The maximum Gasteiger partial charge on any atom is 0.323 e. The lowest BCUT2D eigenvalue weighted by atomic mass is 9.95. The Balaban J connectivity index is 3.84. The Bertz CT molecular complexity index is 373. The highest BCUT2D eigenvalue weighted by molar-refractivity contribution is 5.78. The van der Waals surface area contributed by atoms with Gasteiger partial charge in [0.2, 0.25) is 5.91 Å². The molecule has 0 aliphatic carbocycles. The van der Waals surface area contributed by atoms with E-state index in [1.807, 2.05) is 0 Å². The van der Waals surface area contributed by atoms with Crippen LogP contribution in [0.4, 0.5) is 0 Å². The van der Waals surface area contributed by atoms with Crippen molar-refractivity contribution in [3.63, 3.8) is 0 Å². The van der Waals surface area contributed by atoms with Gasteiger partial charge in [0, 0.05) is 6.42 Å². The van der Waals surface area contributed by atoms with Crippen molar-refractivity contribution in [2.45, 2.75) is 122 Å². The number of carboxylic acids is 1. The van der Waals surface area contributed by atoms with Gasteiger partial charge < -0.3 is 15.3 Å². The molecule has 0 aromatic carbocycles. The van der Waals surface area contributed by atoms with Gasteiger partial charge in [-0.2, -0.15) is 0 Å². The molecular weight excluding hydrogens is 330 g/mol. The van der Waals surface area contributed by atoms with Gasteiger partial charge in [-0.15, -0.1) is 0 Å². The number of hydrogen-bond acceptors (Lipinski definition) is 4. The number of carboxylic acid groups (broad SMARTS) is 1. The lowest BCUT2D eigenvalue weighted by Gasteiger charge is -2.42. The standard InChI is InChI=1S/C21H43NO4/c1-5-7-8-9-10-11-12-13-14-15-16-17-18-21(25,26)22(4)20(3,6-2)19(23)24/h25-26H,5-18H2,1-4H3,(H,23,24). The molecule has 0 bridgehead atoms. The van der Waals surface area contributed by atoms with Gasteiger partial charge in [-0.1, -0.05) is 84.5 Å². The van der Waals surface area contributed by atoms with E-state index in [1.165, 1.54) is 76.7 Å². The fourth-order valence-electron chi connectivity index (χ4n) is 3.30. The molecule has 26 heavy (non-hydrogen) atoms. The van der Waals surface area contributed by atoms with Gasteiger partial charge in [0.05, 0.1) is 0 Å². The van der Waals surface area contributed by atoms with E-state index >= 15 is 0 Å². The van der Waals surface area contributed by atoms with Crippen LogP contribution in [0.2, 0.25) is 0 Å². The van der Waals surface area contributed by atoms with Crippen molar-refractivity contribution in [3.05, 3.63) is 0 Å². The Labute approximate surface area is 160 Å². The highest BCUT2D eigenvalue weighted by Crippen LogP contribution is 2.27. The molecule has 1 unspecified atom stereocenters. The molecule has 0 radical (unpaired) electrons. The Kier molecular flexibility index (Phi) is 13.2. The smallest absolute Gasteiger partial charge is 0.323 e. The molecule has 5 nitrogen and oxygen atoms in total. The third-order valence-electron chi connectivity index (χ3n) is 5.79. The SMILES string of the molecule is CCCCCCCCCCCCCCC(O)(O)N(C)C(C)(CC)C(=O)O. The van der Waals surface area contributed by atoms with Crippen LogP contribution in [0.3, 0.4) is 0 Å². The summed E-state index contributed by atoms with van der Waals surface area (Å²) in [4.78, 5) is 12.6. The third-order valence-corrected chi connectivity index (χ3v) is 5.79. The molecule has 0 rings (SSSR count). The fraction of sp³-hybridized carbons (Fsp3) is 0.952. The first-order chi connectivity index (χ1) is 12.2. The quantitative estimate of drug-likeness (QED) is 0.249. The Morgan fingerprint density at radius 2 is 1.19 bits per heavy atom. The van der Waals surface area contributed by atoms with E-state index in [9.17, 15) is 20.1 Å². The van der Waals surface area contributed by atoms with Crippen LogP contribution in [0.1, 0.15) is 111 Å². The summed E-state index contributed by atoms with van der Waals surface area (Å²) in [5.74, 6) is -3.12. The van der Waals surface area contributed by atoms with Crippen molar-refractivity contribution in [3.8, 4) is 0 Å². The number of carbonyl (C=O) groups is 1. The van der Waals surface area contributed by atoms with E-state index in [2.05, 4.69) is 6.92 Å². The minimum Gasteiger partial charge on any atom is -0.480 e. The van der Waals surface area contributed by atoms with Crippen molar-refractivity contribution >= 4 is 5.97 Å². The van der Waals surface area contributed by atoms with E-state index in [0.29, 0.717) is 12.8 Å². The number of likely N-dealkylation sites (N-methyl/N-ethyl adjacent to an activating group) is 1. The van der Waals surface area contributed by atoms with E-state index in [0.717, 1.165) is 12.8 Å². The van der Waals surface area contributed by atoms with Gasteiger partial charge in [0.1, 0.15) is 5.54 Å². The monoisotopic (exact) mass is 373 g/mol. The molecule has 0 aromatic heterocycles. The number of aliphatic carboxylic acids is 1. The summed E-state index contributed by atoms with van der Waals surface area (Å²) in [7, 11) is 1.47. The summed E-state index contributed by atoms with van der Waals surface area (Å²) in [6.07, 6.45) is 15.0. The Hall–Kier alpha value is -0.650. The zero-order valence-corrected chi connectivity index (χ0v) is 17.6. The number of unbranched alkanes of at least 4 members (excludes halogenated alkanes) is 11. The van der Waals surface area contributed by atoms with E-state index in [4.69, 9.17) is 0 Å². The third kappa shape index (κ3) is 9.33. The van der Waals surface area contributed by atoms with Gasteiger partial charge in [-0.05, 0) is 26.8 Å². The topological polar surface area (TPSA) is 81.0 Å². The molecule has 0 heterocycles. The molecule has 156 valence electrons. The molecular formula is C21H43NO4. The average Bonchev–Trinajstić information content (AvgIpc) is 2.61. The zero-order chi connectivity index (χ0) is 20.1. The molecule has 0 amide bonds. The van der Waals surface area contributed by atoms with Crippen molar-refractivity contribution in [2.75, 3.05) is 7.05 Å². The first-order valence-electron chi connectivity index (χ1n) is 10.6. The second-order valence-corrected chi connectivity index (χ2v) is 7.91. The summed E-state index contributed by atoms with van der Waals surface area (Å²) in [6, 6.07) is 0. The highest BCUT2D eigenvalue weighted by Gasteiger charge is 2.45. The van der Waals surface area contributed by atoms with Gasteiger partial charge in [-0.25, -0.2) is 4.90 Å². The molecule has 0 saturated carbocycles. The molecule has 0 spiro atoms. The average molecular weight is 374 g/mol. The van der Waals surface area contributed by atoms with Gasteiger partial charge in [0.25, 0.3) is 0 Å². The van der Waals surface area contributed by atoms with Crippen molar-refractivity contribution < 1.29 is 20.1 Å². The minimum atomic E-state index is -2.08. The predicted molar refractivity (Wildman–Crippen MR) is 107 cm³/mol. The molecule has 5 heteroatoms. The molecule has 0 aliphatic rings. The minimum absolute atomic E-state index is 0.170. The fourth-order valence-corrected chi connectivity index (χ4v) is 3.30. The van der Waals surface area contributed by atoms with Crippen LogP contribution in [0.15, 0.2) is 0 Å². The number of nitrogens with zero attached hydrogens (tertiary/aromatic N) is 1. The largest absolute Gasteiger partial charge is 0.480 e. The molecule has 0 fully saturated rings. The number of rotatable bonds is 17. The van der Waals surface area contributed by atoms with Crippen LogP contribution in [0.5, 0.6) is 0 Å². The normalized spacial score (nSPS) is 14.6. The summed E-state index contributed by atoms with van der Waals surface area (Å²) < 4.78 is 0. The molecule has 3 N–H and O–H groups in total. The summed E-state index contributed by atoms with van der Waals surface area (Å²) in [5.41, 5.74) is -1.28. The van der Waals surface area contributed by atoms with Crippen LogP contribution < -0.4 is 0 Å².